The summed E-state index contributed by atoms with van der Waals surface area (Å²) in [5.41, 5.74) is 5.17. The molecule has 3 N–H and O–H groups in total. The standard InChI is InChI=1S/C21H44NO6P/c1-2-3-4-5-6-7-8-9-10-11-12-13-14-15-16-21(23)26-19-20-28-29(24,25)27-18-17-22/h2-20,22H2,1H3,(H,24,25). The minimum absolute atomic E-state index is 0.0615. The SMILES string of the molecule is CCCCCCCCCCCCCCCCC(=O)OCCOP(=O)(O)OCCN. The number of esters is 1. The minimum atomic E-state index is -4.09. The van der Waals surface area contributed by atoms with Crippen molar-refractivity contribution in [3.05, 3.63) is 0 Å². The first-order valence-electron chi connectivity index (χ1n) is 11.5. The van der Waals surface area contributed by atoms with Gasteiger partial charge in [-0.25, -0.2) is 4.57 Å². The van der Waals surface area contributed by atoms with Crippen molar-refractivity contribution in [3.8, 4) is 0 Å². The van der Waals surface area contributed by atoms with Gasteiger partial charge in [0.05, 0.1) is 13.2 Å². The number of phosphoric acid groups is 1. The average Bonchev–Trinajstić information content (AvgIpc) is 2.70. The van der Waals surface area contributed by atoms with E-state index in [-0.39, 0.29) is 32.3 Å². The van der Waals surface area contributed by atoms with Gasteiger partial charge in [0.1, 0.15) is 6.61 Å². The quantitative estimate of drug-likeness (QED) is 0.131. The molecule has 0 spiro atoms. The summed E-state index contributed by atoms with van der Waals surface area (Å²) in [7, 11) is -4.09. The first kappa shape index (κ1) is 28.5. The van der Waals surface area contributed by atoms with Gasteiger partial charge in [-0.1, -0.05) is 90.4 Å². The van der Waals surface area contributed by atoms with Gasteiger partial charge in [0, 0.05) is 13.0 Å². The zero-order valence-electron chi connectivity index (χ0n) is 18.4. The fourth-order valence-electron chi connectivity index (χ4n) is 3.05. The first-order chi connectivity index (χ1) is 14.0. The van der Waals surface area contributed by atoms with Crippen molar-refractivity contribution in [2.75, 3.05) is 26.4 Å². The van der Waals surface area contributed by atoms with Crippen molar-refractivity contribution < 1.29 is 28.0 Å². The van der Waals surface area contributed by atoms with E-state index in [1.165, 1.54) is 70.6 Å². The second-order valence-corrected chi connectivity index (χ2v) is 8.94. The predicted octanol–water partition coefficient (Wildman–Crippen LogP) is 5.49. The van der Waals surface area contributed by atoms with Crippen LogP contribution in [0.2, 0.25) is 0 Å². The van der Waals surface area contributed by atoms with Crippen LogP contribution in [0.3, 0.4) is 0 Å². The summed E-state index contributed by atoms with van der Waals surface area (Å²) < 4.78 is 25.6. The maximum atomic E-state index is 11.6. The van der Waals surface area contributed by atoms with Crippen molar-refractivity contribution in [1.29, 1.82) is 0 Å². The summed E-state index contributed by atoms with van der Waals surface area (Å²) >= 11 is 0. The smallest absolute Gasteiger partial charge is 0.463 e. The zero-order valence-corrected chi connectivity index (χ0v) is 19.3. The van der Waals surface area contributed by atoms with Crippen molar-refractivity contribution in [2.45, 2.75) is 103 Å². The monoisotopic (exact) mass is 437 g/mol. The number of carbonyl (C=O) groups excluding carboxylic acids is 1. The lowest BCUT2D eigenvalue weighted by Gasteiger charge is -2.11. The molecule has 0 aromatic heterocycles. The minimum Gasteiger partial charge on any atom is -0.463 e. The maximum absolute atomic E-state index is 11.6. The molecule has 0 amide bonds. The average molecular weight is 438 g/mol. The molecule has 0 heterocycles. The predicted molar refractivity (Wildman–Crippen MR) is 117 cm³/mol. The molecule has 0 saturated heterocycles. The highest BCUT2D eigenvalue weighted by molar-refractivity contribution is 7.47. The lowest BCUT2D eigenvalue weighted by Crippen LogP contribution is -2.12. The van der Waals surface area contributed by atoms with Crippen molar-refractivity contribution in [3.63, 3.8) is 0 Å². The molecule has 0 aromatic carbocycles. The maximum Gasteiger partial charge on any atom is 0.472 e. The molecule has 0 aromatic rings. The Labute approximate surface area is 177 Å². The van der Waals surface area contributed by atoms with Crippen LogP contribution in [-0.2, 0) is 23.1 Å². The summed E-state index contributed by atoms with van der Waals surface area (Å²) in [6.07, 6.45) is 18.2. The summed E-state index contributed by atoms with van der Waals surface area (Å²) in [6, 6.07) is 0. The number of phosphoric ester groups is 1. The van der Waals surface area contributed by atoms with E-state index < -0.39 is 7.82 Å². The van der Waals surface area contributed by atoms with Crippen LogP contribution in [0.5, 0.6) is 0 Å². The van der Waals surface area contributed by atoms with Crippen molar-refractivity contribution in [2.24, 2.45) is 5.73 Å². The van der Waals surface area contributed by atoms with Crippen molar-refractivity contribution >= 4 is 13.8 Å². The van der Waals surface area contributed by atoms with E-state index in [0.29, 0.717) is 6.42 Å². The van der Waals surface area contributed by atoms with E-state index in [9.17, 15) is 14.3 Å². The molecular formula is C21H44NO6P. The lowest BCUT2D eigenvalue weighted by atomic mass is 10.0. The van der Waals surface area contributed by atoms with Gasteiger partial charge in [-0.15, -0.1) is 0 Å². The summed E-state index contributed by atoms with van der Waals surface area (Å²) in [4.78, 5) is 20.9. The number of rotatable bonds is 22. The summed E-state index contributed by atoms with van der Waals surface area (Å²) in [5.74, 6) is -0.303. The first-order valence-corrected chi connectivity index (χ1v) is 13.0. The van der Waals surface area contributed by atoms with Crippen LogP contribution < -0.4 is 5.73 Å². The molecule has 1 unspecified atom stereocenters. The number of nitrogens with two attached hydrogens (primary N) is 1. The highest BCUT2D eigenvalue weighted by atomic mass is 31.2. The Morgan fingerprint density at radius 1 is 0.759 bits per heavy atom. The third-order valence-corrected chi connectivity index (χ3v) is 5.73. The van der Waals surface area contributed by atoms with Crippen molar-refractivity contribution in [1.82, 2.24) is 0 Å². The summed E-state index contributed by atoms with van der Waals surface area (Å²) in [6.45, 7) is 2.08. The topological polar surface area (TPSA) is 108 Å². The number of hydrogen-bond acceptors (Lipinski definition) is 6. The highest BCUT2D eigenvalue weighted by Crippen LogP contribution is 2.42. The van der Waals surface area contributed by atoms with Gasteiger partial charge in [-0.2, -0.15) is 0 Å². The van der Waals surface area contributed by atoms with E-state index >= 15 is 0 Å². The molecule has 0 fully saturated rings. The Bertz CT molecular complexity index is 422. The number of unbranched alkanes of at least 4 members (excludes halogenated alkanes) is 13. The normalized spacial score (nSPS) is 13.3. The summed E-state index contributed by atoms with van der Waals surface area (Å²) in [5, 5.41) is 0. The molecule has 0 bridgehead atoms. The van der Waals surface area contributed by atoms with E-state index in [0.717, 1.165) is 19.3 Å². The Morgan fingerprint density at radius 3 is 1.69 bits per heavy atom. The molecule has 8 heteroatoms. The fourth-order valence-corrected chi connectivity index (χ4v) is 3.77. The molecule has 0 aliphatic carbocycles. The molecule has 29 heavy (non-hydrogen) atoms. The van der Waals surface area contributed by atoms with Gasteiger partial charge in [0.2, 0.25) is 0 Å². The fraction of sp³-hybridized carbons (Fsp3) is 0.952. The van der Waals surface area contributed by atoms with Gasteiger partial charge < -0.3 is 15.4 Å². The zero-order chi connectivity index (χ0) is 21.6. The molecular weight excluding hydrogens is 393 g/mol. The second-order valence-electron chi connectivity index (χ2n) is 7.49. The largest absolute Gasteiger partial charge is 0.472 e. The molecule has 0 aliphatic rings. The molecule has 174 valence electrons. The van der Waals surface area contributed by atoms with Gasteiger partial charge in [-0.3, -0.25) is 13.8 Å². The third-order valence-electron chi connectivity index (χ3n) is 4.71. The van der Waals surface area contributed by atoms with Crippen LogP contribution in [0.1, 0.15) is 103 Å². The van der Waals surface area contributed by atoms with Gasteiger partial charge >= 0.3 is 13.8 Å². The van der Waals surface area contributed by atoms with E-state index in [2.05, 4.69) is 16.0 Å². The number of carbonyl (C=O) groups is 1. The Hall–Kier alpha value is -0.460. The van der Waals surface area contributed by atoms with E-state index in [4.69, 9.17) is 10.5 Å². The van der Waals surface area contributed by atoms with Crippen LogP contribution >= 0.6 is 7.82 Å². The van der Waals surface area contributed by atoms with Gasteiger partial charge in [-0.05, 0) is 6.42 Å². The molecule has 1 atom stereocenters. The molecule has 0 aliphatic heterocycles. The van der Waals surface area contributed by atoms with Crippen LogP contribution in [-0.4, -0.2) is 37.2 Å². The highest BCUT2D eigenvalue weighted by Gasteiger charge is 2.20. The van der Waals surface area contributed by atoms with E-state index in [1.807, 2.05) is 0 Å². The van der Waals surface area contributed by atoms with Crippen LogP contribution in [0, 0.1) is 0 Å². The Kier molecular flexibility index (Phi) is 20.5. The lowest BCUT2D eigenvalue weighted by molar-refractivity contribution is -0.144. The molecule has 0 rings (SSSR count). The third kappa shape index (κ3) is 22.1. The van der Waals surface area contributed by atoms with Gasteiger partial charge in [0.15, 0.2) is 0 Å². The van der Waals surface area contributed by atoms with Gasteiger partial charge in [0.25, 0.3) is 0 Å². The number of hydrogen-bond donors (Lipinski definition) is 2. The van der Waals surface area contributed by atoms with Crippen LogP contribution in [0.15, 0.2) is 0 Å². The molecule has 7 nitrogen and oxygen atoms in total. The second kappa shape index (κ2) is 20.8. The van der Waals surface area contributed by atoms with E-state index in [1.54, 1.807) is 0 Å². The number of ether oxygens (including phenoxy) is 1. The Morgan fingerprint density at radius 2 is 1.21 bits per heavy atom. The molecule has 0 radical (unpaired) electrons. The molecule has 0 saturated carbocycles. The Balaban J connectivity index is 3.30. The van der Waals surface area contributed by atoms with Crippen LogP contribution in [0.4, 0.5) is 0 Å². The van der Waals surface area contributed by atoms with Crippen LogP contribution in [0.25, 0.3) is 0 Å².